The van der Waals surface area contributed by atoms with Gasteiger partial charge in [0.15, 0.2) is 0 Å². The molecule has 0 aliphatic heterocycles. The Bertz CT molecular complexity index is 550. The number of allylic oxidation sites excluding steroid dienone is 1. The molecule has 0 spiro atoms. The average Bonchev–Trinajstić information content (AvgIpc) is 2.73. The van der Waals surface area contributed by atoms with Crippen LogP contribution in [-0.4, -0.2) is 5.11 Å². The zero-order valence-corrected chi connectivity index (χ0v) is 8.85. The van der Waals surface area contributed by atoms with E-state index in [-0.39, 0.29) is 0 Å². The average molecular weight is 208 g/mol. The van der Waals surface area contributed by atoms with Crippen molar-refractivity contribution in [3.05, 3.63) is 65.2 Å². The molecule has 2 aromatic rings. The van der Waals surface area contributed by atoms with Gasteiger partial charge in [-0.25, -0.2) is 0 Å². The van der Waals surface area contributed by atoms with E-state index >= 15 is 0 Å². The molecule has 1 N–H and O–H groups in total. The lowest BCUT2D eigenvalue weighted by Crippen LogP contribution is -1.84. The quantitative estimate of drug-likeness (QED) is 0.760. The van der Waals surface area contributed by atoms with Gasteiger partial charge in [0.05, 0.1) is 0 Å². The predicted octanol–water partition coefficient (Wildman–Crippen LogP) is 3.49. The topological polar surface area (TPSA) is 20.2 Å². The van der Waals surface area contributed by atoms with E-state index < -0.39 is 0 Å². The van der Waals surface area contributed by atoms with Crippen molar-refractivity contribution < 1.29 is 5.11 Å². The standard InChI is InChI=1S/C15H12O/c16-15-7-5-11(6-8-15)14-9-12-3-1-2-4-13(12)10-14/h1-9,16H,10H2. The minimum Gasteiger partial charge on any atom is -0.508 e. The van der Waals surface area contributed by atoms with Gasteiger partial charge in [0.2, 0.25) is 0 Å². The first-order valence-corrected chi connectivity index (χ1v) is 5.41. The van der Waals surface area contributed by atoms with Crippen LogP contribution in [0.4, 0.5) is 0 Å². The Labute approximate surface area is 94.7 Å². The molecule has 1 aliphatic rings. The first-order valence-electron chi connectivity index (χ1n) is 5.41. The van der Waals surface area contributed by atoms with Crippen molar-refractivity contribution in [2.45, 2.75) is 6.42 Å². The maximum atomic E-state index is 9.25. The number of phenols is 1. The molecule has 0 saturated carbocycles. The first kappa shape index (κ1) is 9.22. The summed E-state index contributed by atoms with van der Waals surface area (Å²) < 4.78 is 0. The summed E-state index contributed by atoms with van der Waals surface area (Å²) in [6.45, 7) is 0. The highest BCUT2D eigenvalue weighted by Gasteiger charge is 2.12. The van der Waals surface area contributed by atoms with Crippen LogP contribution in [-0.2, 0) is 6.42 Å². The van der Waals surface area contributed by atoms with Crippen molar-refractivity contribution >= 4 is 11.6 Å². The van der Waals surface area contributed by atoms with Gasteiger partial charge < -0.3 is 5.11 Å². The van der Waals surface area contributed by atoms with E-state index in [9.17, 15) is 5.11 Å². The van der Waals surface area contributed by atoms with Gasteiger partial charge in [-0.1, -0.05) is 42.5 Å². The number of hydrogen-bond acceptors (Lipinski definition) is 1. The van der Waals surface area contributed by atoms with Crippen molar-refractivity contribution in [1.82, 2.24) is 0 Å². The lowest BCUT2D eigenvalue weighted by Gasteiger charge is -2.02. The van der Waals surface area contributed by atoms with Gasteiger partial charge >= 0.3 is 0 Å². The minimum atomic E-state index is 0.319. The summed E-state index contributed by atoms with van der Waals surface area (Å²) in [6, 6.07) is 15.8. The van der Waals surface area contributed by atoms with E-state index in [1.165, 1.54) is 22.3 Å². The van der Waals surface area contributed by atoms with Crippen LogP contribution in [0.1, 0.15) is 16.7 Å². The Balaban J connectivity index is 1.98. The summed E-state index contributed by atoms with van der Waals surface area (Å²) in [4.78, 5) is 0. The number of hydrogen-bond donors (Lipinski definition) is 1. The maximum Gasteiger partial charge on any atom is 0.115 e. The van der Waals surface area contributed by atoms with Gasteiger partial charge in [0, 0.05) is 0 Å². The number of rotatable bonds is 1. The van der Waals surface area contributed by atoms with E-state index in [1.807, 2.05) is 12.1 Å². The van der Waals surface area contributed by atoms with Gasteiger partial charge in [-0.3, -0.25) is 0 Å². The highest BCUT2D eigenvalue weighted by atomic mass is 16.3. The van der Waals surface area contributed by atoms with Crippen molar-refractivity contribution in [1.29, 1.82) is 0 Å². The molecule has 1 nitrogen and oxygen atoms in total. The van der Waals surface area contributed by atoms with Crippen LogP contribution in [0.25, 0.3) is 11.6 Å². The van der Waals surface area contributed by atoms with Crippen LogP contribution >= 0.6 is 0 Å². The van der Waals surface area contributed by atoms with Crippen molar-refractivity contribution in [3.63, 3.8) is 0 Å². The largest absolute Gasteiger partial charge is 0.508 e. The number of aromatic hydroxyl groups is 1. The smallest absolute Gasteiger partial charge is 0.115 e. The summed E-state index contributed by atoms with van der Waals surface area (Å²) >= 11 is 0. The van der Waals surface area contributed by atoms with E-state index in [2.05, 4.69) is 30.3 Å². The summed E-state index contributed by atoms with van der Waals surface area (Å²) in [6.07, 6.45) is 3.21. The Morgan fingerprint density at radius 2 is 1.62 bits per heavy atom. The zero-order valence-electron chi connectivity index (χ0n) is 8.85. The highest BCUT2D eigenvalue weighted by Crippen LogP contribution is 2.31. The molecule has 0 aromatic heterocycles. The molecule has 0 atom stereocenters. The molecule has 0 bridgehead atoms. The summed E-state index contributed by atoms with van der Waals surface area (Å²) in [5.41, 5.74) is 5.20. The predicted molar refractivity (Wildman–Crippen MR) is 66.1 cm³/mol. The number of phenolic OH excluding ortho intramolecular Hbond substituents is 1. The Kier molecular flexibility index (Phi) is 2.03. The first-order chi connectivity index (χ1) is 7.83. The normalized spacial score (nSPS) is 13.4. The monoisotopic (exact) mass is 208 g/mol. The van der Waals surface area contributed by atoms with Crippen LogP contribution < -0.4 is 0 Å². The van der Waals surface area contributed by atoms with E-state index in [0.29, 0.717) is 5.75 Å². The van der Waals surface area contributed by atoms with Crippen molar-refractivity contribution in [2.75, 3.05) is 0 Å². The third kappa shape index (κ3) is 1.50. The van der Waals surface area contributed by atoms with Crippen molar-refractivity contribution in [3.8, 4) is 5.75 Å². The minimum absolute atomic E-state index is 0.319. The van der Waals surface area contributed by atoms with Gasteiger partial charge in [-0.15, -0.1) is 0 Å². The molecule has 0 radical (unpaired) electrons. The molecule has 0 fully saturated rings. The zero-order chi connectivity index (χ0) is 11.0. The van der Waals surface area contributed by atoms with Crippen molar-refractivity contribution in [2.24, 2.45) is 0 Å². The van der Waals surface area contributed by atoms with Crippen LogP contribution in [0.5, 0.6) is 5.75 Å². The van der Waals surface area contributed by atoms with Crippen LogP contribution in [0.2, 0.25) is 0 Å². The van der Waals surface area contributed by atoms with Gasteiger partial charge in [0.1, 0.15) is 5.75 Å². The van der Waals surface area contributed by atoms with Crippen LogP contribution in [0.15, 0.2) is 48.5 Å². The maximum absolute atomic E-state index is 9.25. The summed E-state index contributed by atoms with van der Waals surface area (Å²) in [5, 5.41) is 9.25. The third-order valence-electron chi connectivity index (χ3n) is 3.00. The molecule has 78 valence electrons. The number of fused-ring (bicyclic) bond motifs is 1. The molecule has 0 unspecified atom stereocenters. The molecule has 16 heavy (non-hydrogen) atoms. The Hall–Kier alpha value is -2.02. The molecule has 0 saturated heterocycles. The molecule has 1 aliphatic carbocycles. The SMILES string of the molecule is Oc1ccc(C2=Cc3ccccc3C2)cc1. The second kappa shape index (κ2) is 3.53. The van der Waals surface area contributed by atoms with E-state index in [4.69, 9.17) is 0 Å². The summed E-state index contributed by atoms with van der Waals surface area (Å²) in [5.74, 6) is 0.319. The fourth-order valence-electron chi connectivity index (χ4n) is 2.14. The van der Waals surface area contributed by atoms with Crippen LogP contribution in [0.3, 0.4) is 0 Å². The van der Waals surface area contributed by atoms with E-state index in [1.54, 1.807) is 12.1 Å². The summed E-state index contributed by atoms with van der Waals surface area (Å²) in [7, 11) is 0. The second-order valence-corrected chi connectivity index (χ2v) is 4.09. The van der Waals surface area contributed by atoms with Gasteiger partial charge in [-0.2, -0.15) is 0 Å². The molecular weight excluding hydrogens is 196 g/mol. The number of benzene rings is 2. The molecule has 1 heteroatoms. The lowest BCUT2D eigenvalue weighted by molar-refractivity contribution is 0.475. The van der Waals surface area contributed by atoms with E-state index in [0.717, 1.165) is 6.42 Å². The van der Waals surface area contributed by atoms with Gasteiger partial charge in [-0.05, 0) is 40.8 Å². The van der Waals surface area contributed by atoms with Crippen LogP contribution in [0, 0.1) is 0 Å². The molecule has 2 aromatic carbocycles. The Morgan fingerprint density at radius 1 is 0.875 bits per heavy atom. The molecule has 0 heterocycles. The Morgan fingerprint density at radius 3 is 2.38 bits per heavy atom. The third-order valence-corrected chi connectivity index (χ3v) is 3.00. The fourth-order valence-corrected chi connectivity index (χ4v) is 2.14. The molecular formula is C15H12O. The van der Waals surface area contributed by atoms with Gasteiger partial charge in [0.25, 0.3) is 0 Å². The highest BCUT2D eigenvalue weighted by molar-refractivity contribution is 5.88. The second-order valence-electron chi connectivity index (χ2n) is 4.09. The molecule has 3 rings (SSSR count). The lowest BCUT2D eigenvalue weighted by atomic mass is 10.0. The fraction of sp³-hybridized carbons (Fsp3) is 0.0667. The molecule has 0 amide bonds.